The number of nitrogen functional groups attached to an aromatic ring is 1. The van der Waals surface area contributed by atoms with Gasteiger partial charge in [-0.05, 0) is 40.5 Å². The van der Waals surface area contributed by atoms with Gasteiger partial charge in [0.15, 0.2) is 0 Å². The minimum atomic E-state index is 0.783. The summed E-state index contributed by atoms with van der Waals surface area (Å²) in [5.74, 6) is 0.816. The average Bonchev–Trinajstić information content (AvgIpc) is 2.57. The van der Waals surface area contributed by atoms with E-state index in [1.54, 1.807) is 6.26 Å². The van der Waals surface area contributed by atoms with Gasteiger partial charge in [0, 0.05) is 11.3 Å². The molecule has 3 heteroatoms. The van der Waals surface area contributed by atoms with Gasteiger partial charge in [0.05, 0.1) is 10.7 Å². The van der Waals surface area contributed by atoms with Crippen molar-refractivity contribution in [2.75, 3.05) is 5.73 Å². The molecule has 0 aliphatic carbocycles. The third-order valence-electron chi connectivity index (χ3n) is 2.16. The van der Waals surface area contributed by atoms with Gasteiger partial charge in [0.2, 0.25) is 0 Å². The number of halogens is 1. The summed E-state index contributed by atoms with van der Waals surface area (Å²) in [5.41, 5.74) is 8.67. The summed E-state index contributed by atoms with van der Waals surface area (Å²) < 4.78 is 6.29. The highest BCUT2D eigenvalue weighted by Crippen LogP contribution is 2.30. The molecule has 0 aliphatic rings. The van der Waals surface area contributed by atoms with Crippen LogP contribution in [0, 0.1) is 6.92 Å². The molecular formula is C11H10BrNO. The van der Waals surface area contributed by atoms with Crippen molar-refractivity contribution in [2.45, 2.75) is 6.92 Å². The fraction of sp³-hybridized carbons (Fsp3) is 0.0909. The summed E-state index contributed by atoms with van der Waals surface area (Å²) in [4.78, 5) is 0. The Balaban J connectivity index is 2.53. The Bertz CT molecular complexity index is 462. The van der Waals surface area contributed by atoms with E-state index in [9.17, 15) is 0 Å². The number of hydrogen-bond donors (Lipinski definition) is 1. The fourth-order valence-corrected chi connectivity index (χ4v) is 1.71. The van der Waals surface area contributed by atoms with Crippen molar-refractivity contribution in [1.82, 2.24) is 0 Å². The molecule has 0 aliphatic heterocycles. The van der Waals surface area contributed by atoms with Gasteiger partial charge in [-0.2, -0.15) is 0 Å². The topological polar surface area (TPSA) is 39.2 Å². The molecule has 0 amide bonds. The zero-order chi connectivity index (χ0) is 10.1. The van der Waals surface area contributed by atoms with Crippen molar-refractivity contribution >= 4 is 21.6 Å². The van der Waals surface area contributed by atoms with Crippen LogP contribution in [0.1, 0.15) is 5.56 Å². The van der Waals surface area contributed by atoms with Crippen LogP contribution >= 0.6 is 15.9 Å². The SMILES string of the molecule is Cc1ccc(-c2occc2Br)cc1N. The van der Waals surface area contributed by atoms with Gasteiger partial charge in [-0.15, -0.1) is 0 Å². The van der Waals surface area contributed by atoms with Crippen LogP contribution in [0.4, 0.5) is 5.69 Å². The first-order valence-electron chi connectivity index (χ1n) is 4.28. The number of hydrogen-bond acceptors (Lipinski definition) is 2. The van der Waals surface area contributed by atoms with E-state index >= 15 is 0 Å². The number of anilines is 1. The Morgan fingerprint density at radius 1 is 1.29 bits per heavy atom. The lowest BCUT2D eigenvalue weighted by molar-refractivity contribution is 0.581. The van der Waals surface area contributed by atoms with Gasteiger partial charge in [-0.1, -0.05) is 12.1 Å². The molecule has 1 aromatic heterocycles. The lowest BCUT2D eigenvalue weighted by Gasteiger charge is -2.02. The zero-order valence-corrected chi connectivity index (χ0v) is 9.34. The molecule has 2 nitrogen and oxygen atoms in total. The Kier molecular flexibility index (Phi) is 2.33. The van der Waals surface area contributed by atoms with Crippen LogP contribution in [-0.2, 0) is 0 Å². The Morgan fingerprint density at radius 3 is 2.64 bits per heavy atom. The molecule has 0 saturated carbocycles. The summed E-state index contributed by atoms with van der Waals surface area (Å²) in [6, 6.07) is 7.76. The van der Waals surface area contributed by atoms with Crippen LogP contribution in [0.3, 0.4) is 0 Å². The molecular weight excluding hydrogens is 242 g/mol. The van der Waals surface area contributed by atoms with Gasteiger partial charge in [0.25, 0.3) is 0 Å². The second-order valence-electron chi connectivity index (χ2n) is 3.17. The molecule has 14 heavy (non-hydrogen) atoms. The first kappa shape index (κ1) is 9.34. The molecule has 2 rings (SSSR count). The number of rotatable bonds is 1. The van der Waals surface area contributed by atoms with E-state index in [2.05, 4.69) is 15.9 Å². The summed E-state index contributed by atoms with van der Waals surface area (Å²) >= 11 is 3.41. The number of aryl methyl sites for hydroxylation is 1. The number of benzene rings is 1. The van der Waals surface area contributed by atoms with Gasteiger partial charge in [-0.25, -0.2) is 0 Å². The zero-order valence-electron chi connectivity index (χ0n) is 7.75. The number of furan rings is 1. The van der Waals surface area contributed by atoms with Crippen molar-refractivity contribution in [3.63, 3.8) is 0 Å². The molecule has 0 bridgehead atoms. The van der Waals surface area contributed by atoms with E-state index in [1.165, 1.54) is 0 Å². The maximum Gasteiger partial charge on any atom is 0.148 e. The molecule has 0 saturated heterocycles. The number of nitrogens with two attached hydrogens (primary N) is 1. The third-order valence-corrected chi connectivity index (χ3v) is 2.78. The van der Waals surface area contributed by atoms with Crippen molar-refractivity contribution in [3.8, 4) is 11.3 Å². The molecule has 0 atom stereocenters. The lowest BCUT2D eigenvalue weighted by atomic mass is 10.1. The summed E-state index contributed by atoms with van der Waals surface area (Å²) in [6.07, 6.45) is 1.65. The molecule has 0 fully saturated rings. The van der Waals surface area contributed by atoms with E-state index in [0.29, 0.717) is 0 Å². The highest BCUT2D eigenvalue weighted by atomic mass is 79.9. The van der Waals surface area contributed by atoms with Crippen molar-refractivity contribution in [3.05, 3.63) is 40.6 Å². The predicted molar refractivity (Wildman–Crippen MR) is 61.0 cm³/mol. The first-order valence-corrected chi connectivity index (χ1v) is 5.07. The summed E-state index contributed by atoms with van der Waals surface area (Å²) in [7, 11) is 0. The molecule has 72 valence electrons. The third kappa shape index (κ3) is 1.55. The molecule has 1 heterocycles. The van der Waals surface area contributed by atoms with E-state index < -0.39 is 0 Å². The van der Waals surface area contributed by atoms with Crippen LogP contribution in [0.2, 0.25) is 0 Å². The van der Waals surface area contributed by atoms with Crippen LogP contribution in [-0.4, -0.2) is 0 Å². The van der Waals surface area contributed by atoms with Crippen LogP contribution < -0.4 is 5.73 Å². The summed E-state index contributed by atoms with van der Waals surface area (Å²) in [5, 5.41) is 0. The second-order valence-corrected chi connectivity index (χ2v) is 4.02. The first-order chi connectivity index (χ1) is 6.68. The fourth-order valence-electron chi connectivity index (χ4n) is 1.28. The van der Waals surface area contributed by atoms with Crippen LogP contribution in [0.15, 0.2) is 39.4 Å². The Morgan fingerprint density at radius 2 is 2.07 bits per heavy atom. The van der Waals surface area contributed by atoms with Crippen LogP contribution in [0.25, 0.3) is 11.3 Å². The Labute approximate surface area is 90.9 Å². The molecule has 2 N–H and O–H groups in total. The van der Waals surface area contributed by atoms with Gasteiger partial charge in [0.1, 0.15) is 5.76 Å². The molecule has 0 unspecified atom stereocenters. The highest BCUT2D eigenvalue weighted by Gasteiger charge is 2.07. The van der Waals surface area contributed by atoms with Crippen molar-refractivity contribution < 1.29 is 4.42 Å². The van der Waals surface area contributed by atoms with E-state index in [4.69, 9.17) is 10.2 Å². The minimum Gasteiger partial charge on any atom is -0.463 e. The van der Waals surface area contributed by atoms with Crippen molar-refractivity contribution in [2.24, 2.45) is 0 Å². The maximum absolute atomic E-state index is 5.82. The second kappa shape index (κ2) is 3.50. The Hall–Kier alpha value is -1.22. The van der Waals surface area contributed by atoms with E-state index in [0.717, 1.165) is 27.0 Å². The maximum atomic E-state index is 5.82. The molecule has 2 aromatic rings. The quantitative estimate of drug-likeness (QED) is 0.787. The normalized spacial score (nSPS) is 10.4. The molecule has 0 spiro atoms. The standard InChI is InChI=1S/C11H10BrNO/c1-7-2-3-8(6-10(7)13)11-9(12)4-5-14-11/h2-6H,13H2,1H3. The largest absolute Gasteiger partial charge is 0.463 e. The van der Waals surface area contributed by atoms with Crippen molar-refractivity contribution in [1.29, 1.82) is 0 Å². The lowest BCUT2D eigenvalue weighted by Crippen LogP contribution is -1.89. The highest BCUT2D eigenvalue weighted by molar-refractivity contribution is 9.10. The monoisotopic (exact) mass is 251 g/mol. The molecule has 1 aromatic carbocycles. The molecule has 0 radical (unpaired) electrons. The van der Waals surface area contributed by atoms with Gasteiger partial charge >= 0.3 is 0 Å². The summed E-state index contributed by atoms with van der Waals surface area (Å²) in [6.45, 7) is 1.98. The van der Waals surface area contributed by atoms with Crippen LogP contribution in [0.5, 0.6) is 0 Å². The van der Waals surface area contributed by atoms with E-state index in [-0.39, 0.29) is 0 Å². The predicted octanol–water partition coefficient (Wildman–Crippen LogP) is 3.60. The smallest absolute Gasteiger partial charge is 0.148 e. The average molecular weight is 252 g/mol. The van der Waals surface area contributed by atoms with E-state index in [1.807, 2.05) is 31.2 Å². The minimum absolute atomic E-state index is 0.783. The van der Waals surface area contributed by atoms with Gasteiger partial charge < -0.3 is 10.2 Å². The van der Waals surface area contributed by atoms with Gasteiger partial charge in [-0.3, -0.25) is 0 Å².